The van der Waals surface area contributed by atoms with Crippen molar-refractivity contribution in [3.05, 3.63) is 42.2 Å². The number of amides is 1. The van der Waals surface area contributed by atoms with E-state index in [-0.39, 0.29) is 36.7 Å². The molecule has 6 rings (SSSR count). The predicted molar refractivity (Wildman–Crippen MR) is 132 cm³/mol. The Balaban J connectivity index is 1.14. The predicted octanol–water partition coefficient (Wildman–Crippen LogP) is 2.60. The molecule has 0 spiro atoms. The van der Waals surface area contributed by atoms with Crippen molar-refractivity contribution in [1.29, 1.82) is 0 Å². The van der Waals surface area contributed by atoms with E-state index in [0.29, 0.717) is 29.1 Å². The number of hydrogen-bond acceptors (Lipinski definition) is 8. The molecule has 3 aromatic rings. The number of alkyl carbamates (subject to hydrolysis) is 1. The normalized spacial score (nSPS) is 25.9. The molecule has 3 fully saturated rings. The second kappa shape index (κ2) is 9.81. The Morgan fingerprint density at radius 3 is 2.68 bits per heavy atom. The number of carbonyl (C=O) groups excluding carboxylic acids is 1. The van der Waals surface area contributed by atoms with Gasteiger partial charge in [0.2, 0.25) is 0 Å². The number of rotatable bonds is 5. The lowest BCUT2D eigenvalue weighted by molar-refractivity contribution is 0.00794. The van der Waals surface area contributed by atoms with Gasteiger partial charge in [-0.3, -0.25) is 0 Å². The number of halogens is 1. The molecule has 11 heteroatoms. The van der Waals surface area contributed by atoms with Gasteiger partial charge < -0.3 is 39.3 Å². The second-order valence-corrected chi connectivity index (χ2v) is 9.59. The van der Waals surface area contributed by atoms with Crippen LogP contribution >= 0.6 is 0 Å². The first kappa shape index (κ1) is 24.0. The van der Waals surface area contributed by atoms with Crippen LogP contribution < -0.4 is 15.0 Å². The minimum atomic E-state index is -0.652. The highest BCUT2D eigenvalue weighted by Gasteiger charge is 2.48. The molecule has 0 bridgehead atoms. The molecule has 1 aromatic carbocycles. The van der Waals surface area contributed by atoms with E-state index in [1.165, 1.54) is 6.07 Å². The summed E-state index contributed by atoms with van der Waals surface area (Å²) in [7, 11) is 1.55. The van der Waals surface area contributed by atoms with Crippen molar-refractivity contribution >= 4 is 22.8 Å². The second-order valence-electron chi connectivity index (χ2n) is 9.59. The maximum Gasteiger partial charge on any atom is 0.407 e. The van der Waals surface area contributed by atoms with Crippen LogP contribution in [0.4, 0.5) is 14.9 Å². The highest BCUT2D eigenvalue weighted by molar-refractivity contribution is 5.81. The van der Waals surface area contributed by atoms with Gasteiger partial charge in [0.15, 0.2) is 17.8 Å². The lowest BCUT2D eigenvalue weighted by atomic mass is 10.1. The number of nitrogens with one attached hydrogen (secondary N) is 2. The van der Waals surface area contributed by atoms with Crippen LogP contribution in [-0.4, -0.2) is 85.0 Å². The molecule has 3 aliphatic heterocycles. The largest absolute Gasteiger partial charge is 0.470 e. The minimum Gasteiger partial charge on any atom is -0.470 e. The van der Waals surface area contributed by atoms with E-state index in [1.54, 1.807) is 13.1 Å². The summed E-state index contributed by atoms with van der Waals surface area (Å²) in [6.45, 7) is 2.06. The number of aromatic amines is 1. The minimum absolute atomic E-state index is 0.0874. The fourth-order valence-electron chi connectivity index (χ4n) is 5.25. The van der Waals surface area contributed by atoms with Crippen LogP contribution in [0.1, 0.15) is 12.8 Å². The van der Waals surface area contributed by atoms with E-state index in [9.17, 15) is 9.90 Å². The molecule has 0 unspecified atom stereocenters. The van der Waals surface area contributed by atoms with Gasteiger partial charge in [-0.1, -0.05) is 12.1 Å². The van der Waals surface area contributed by atoms with Crippen molar-refractivity contribution in [2.75, 3.05) is 38.3 Å². The zero-order valence-corrected chi connectivity index (χ0v) is 20.4. The van der Waals surface area contributed by atoms with E-state index in [0.717, 1.165) is 31.6 Å². The van der Waals surface area contributed by atoms with Crippen molar-refractivity contribution in [3.63, 3.8) is 0 Å². The highest BCUT2D eigenvalue weighted by Crippen LogP contribution is 2.32. The Kier molecular flexibility index (Phi) is 6.35. The van der Waals surface area contributed by atoms with Gasteiger partial charge in [-0.25, -0.2) is 14.2 Å². The van der Waals surface area contributed by atoms with Gasteiger partial charge in [0.1, 0.15) is 30.1 Å². The molecule has 37 heavy (non-hydrogen) atoms. The number of benzene rings is 1. The molecular formula is C26H29FN4O6. The van der Waals surface area contributed by atoms with Crippen LogP contribution in [0.15, 0.2) is 36.4 Å². The molecule has 5 heterocycles. The Labute approximate surface area is 212 Å². The Morgan fingerprint density at radius 1 is 1.16 bits per heavy atom. The molecule has 0 radical (unpaired) electrons. The molecular weight excluding hydrogens is 483 g/mol. The zero-order valence-electron chi connectivity index (χ0n) is 20.4. The summed E-state index contributed by atoms with van der Waals surface area (Å²) in [6.07, 6.45) is -0.735. The average molecular weight is 513 g/mol. The summed E-state index contributed by atoms with van der Waals surface area (Å²) in [5, 5.41) is 12.4. The molecule has 0 saturated carbocycles. The van der Waals surface area contributed by atoms with Gasteiger partial charge in [-0.15, -0.1) is 0 Å². The first-order valence-corrected chi connectivity index (χ1v) is 12.5. The van der Waals surface area contributed by atoms with Crippen molar-refractivity contribution < 1.29 is 33.2 Å². The SMILES string of the molecule is CNC(=O)OC1CCN(c2ccc(-c3nc4cc(O[C@@H]5CO[C@H]6[C@@H]5OC[C@H]6O)[nH]c4cc3F)cc2)CC1. The van der Waals surface area contributed by atoms with Crippen LogP contribution in [0.3, 0.4) is 0 Å². The highest BCUT2D eigenvalue weighted by atomic mass is 19.1. The number of nitrogens with zero attached hydrogens (tertiary/aromatic N) is 2. The van der Waals surface area contributed by atoms with Crippen molar-refractivity contribution in [3.8, 4) is 17.1 Å². The number of carbonyl (C=O) groups is 1. The third kappa shape index (κ3) is 4.70. The number of piperidine rings is 1. The first-order valence-electron chi connectivity index (χ1n) is 12.5. The number of hydrogen-bond donors (Lipinski definition) is 3. The molecule has 1 amide bonds. The van der Waals surface area contributed by atoms with Gasteiger partial charge in [0.05, 0.1) is 24.2 Å². The molecule has 4 atom stereocenters. The van der Waals surface area contributed by atoms with E-state index >= 15 is 4.39 Å². The van der Waals surface area contributed by atoms with Crippen LogP contribution in [-0.2, 0) is 14.2 Å². The summed E-state index contributed by atoms with van der Waals surface area (Å²) in [5.74, 6) is 0.00441. The van der Waals surface area contributed by atoms with Crippen LogP contribution in [0.5, 0.6) is 5.88 Å². The van der Waals surface area contributed by atoms with Crippen molar-refractivity contribution in [1.82, 2.24) is 15.3 Å². The molecule has 3 saturated heterocycles. The van der Waals surface area contributed by atoms with E-state index < -0.39 is 18.0 Å². The fraction of sp³-hybridized carbons (Fsp3) is 0.462. The Bertz CT molecular complexity index is 1280. The van der Waals surface area contributed by atoms with Gasteiger partial charge in [-0.2, -0.15) is 0 Å². The maximum atomic E-state index is 15.0. The first-order chi connectivity index (χ1) is 18.0. The monoisotopic (exact) mass is 512 g/mol. The lowest BCUT2D eigenvalue weighted by Crippen LogP contribution is -2.39. The summed E-state index contributed by atoms with van der Waals surface area (Å²) in [5.41, 5.74) is 3.06. The number of anilines is 1. The summed E-state index contributed by atoms with van der Waals surface area (Å²) in [6, 6.07) is 10.8. The Morgan fingerprint density at radius 2 is 1.92 bits per heavy atom. The number of pyridine rings is 1. The molecule has 3 N–H and O–H groups in total. The number of aliphatic hydroxyl groups is 1. The summed E-state index contributed by atoms with van der Waals surface area (Å²) >= 11 is 0. The number of H-pyrrole nitrogens is 1. The average Bonchev–Trinajstić information content (AvgIpc) is 3.60. The lowest BCUT2D eigenvalue weighted by Gasteiger charge is -2.33. The number of aliphatic hydroxyl groups excluding tert-OH is 1. The van der Waals surface area contributed by atoms with E-state index in [4.69, 9.17) is 18.9 Å². The molecule has 3 aliphatic rings. The van der Waals surface area contributed by atoms with Gasteiger partial charge >= 0.3 is 6.09 Å². The molecule has 2 aromatic heterocycles. The zero-order chi connectivity index (χ0) is 25.5. The number of ether oxygens (including phenoxy) is 4. The van der Waals surface area contributed by atoms with Gasteiger partial charge in [-0.05, 0) is 12.1 Å². The van der Waals surface area contributed by atoms with Crippen LogP contribution in [0.25, 0.3) is 22.3 Å². The molecule has 0 aliphatic carbocycles. The third-order valence-corrected chi connectivity index (χ3v) is 7.22. The number of aromatic nitrogens is 2. The van der Waals surface area contributed by atoms with Gasteiger partial charge in [0.25, 0.3) is 0 Å². The smallest absolute Gasteiger partial charge is 0.407 e. The van der Waals surface area contributed by atoms with Crippen molar-refractivity contribution in [2.45, 2.75) is 43.4 Å². The fourth-order valence-corrected chi connectivity index (χ4v) is 5.25. The van der Waals surface area contributed by atoms with Crippen LogP contribution in [0.2, 0.25) is 0 Å². The Hall–Kier alpha value is -3.41. The molecule has 196 valence electrons. The van der Waals surface area contributed by atoms with Crippen molar-refractivity contribution in [2.24, 2.45) is 0 Å². The van der Waals surface area contributed by atoms with E-state index in [1.807, 2.05) is 24.3 Å². The summed E-state index contributed by atoms with van der Waals surface area (Å²) in [4.78, 5) is 21.3. The topological polar surface area (TPSA) is 118 Å². The van der Waals surface area contributed by atoms with E-state index in [2.05, 4.69) is 20.2 Å². The van der Waals surface area contributed by atoms with Gasteiger partial charge in [0, 0.05) is 56.4 Å². The summed E-state index contributed by atoms with van der Waals surface area (Å²) < 4.78 is 37.6. The standard InChI is InChI=1S/C26H29FN4O6/c1-28-26(33)36-16-6-8-31(9-7-16)15-4-2-14(3-5-15)23-17(27)10-18-19(30-23)11-22(29-18)37-21-13-35-24-20(32)12-34-25(21)24/h2-5,10-11,16,20-21,24-25,29,32H,6-9,12-13H2,1H3,(H,28,33)/t20-,21-,24-,25-/m1/s1. The number of fused-ring (bicyclic) bond motifs is 2. The third-order valence-electron chi connectivity index (χ3n) is 7.22. The molecule has 10 nitrogen and oxygen atoms in total. The quantitative estimate of drug-likeness (QED) is 0.478. The van der Waals surface area contributed by atoms with Crippen LogP contribution in [0, 0.1) is 5.82 Å². The maximum absolute atomic E-state index is 15.0.